The van der Waals surface area contributed by atoms with Gasteiger partial charge in [-0.15, -0.1) is 0 Å². The average Bonchev–Trinajstić information content (AvgIpc) is 3.02. The third-order valence-electron chi connectivity index (χ3n) is 4.83. The van der Waals surface area contributed by atoms with Gasteiger partial charge in [-0.1, -0.05) is 45.0 Å². The second-order valence-corrected chi connectivity index (χ2v) is 8.44. The first-order chi connectivity index (χ1) is 13.8. The quantitative estimate of drug-likeness (QED) is 0.553. The van der Waals surface area contributed by atoms with Gasteiger partial charge >= 0.3 is 0 Å². The number of para-hydroxylation sites is 2. The van der Waals surface area contributed by atoms with Crippen LogP contribution < -0.4 is 22.5 Å². The predicted octanol–water partition coefficient (Wildman–Crippen LogP) is 1.52. The number of carbonyl (C=O) groups excluding carboxylic acids is 1. The second-order valence-electron chi connectivity index (χ2n) is 8.44. The maximum atomic E-state index is 12.1. The van der Waals surface area contributed by atoms with Gasteiger partial charge in [-0.3, -0.25) is 4.79 Å². The number of aryl methyl sites for hydroxylation is 2. The number of benzene rings is 2. The Balaban J connectivity index is 0.00000320. The van der Waals surface area contributed by atoms with Gasteiger partial charge in [0.2, 0.25) is 5.91 Å². The number of halogens is 1. The fraction of sp³-hybridized carbons (Fsp3) is 0.417. The van der Waals surface area contributed by atoms with Crippen LogP contribution in [0, 0.1) is 12.3 Å². The van der Waals surface area contributed by atoms with Gasteiger partial charge in [-0.25, -0.2) is 4.98 Å². The lowest BCUT2D eigenvalue weighted by molar-refractivity contribution is -0.128. The lowest BCUT2D eigenvalue weighted by Crippen LogP contribution is -3.00. The van der Waals surface area contributed by atoms with E-state index >= 15 is 0 Å². The zero-order chi connectivity index (χ0) is 20.9. The number of nitrogens with zero attached hydrogens (tertiary/aromatic N) is 2. The van der Waals surface area contributed by atoms with Crippen LogP contribution in [0.3, 0.4) is 0 Å². The van der Waals surface area contributed by atoms with Crippen molar-refractivity contribution in [1.82, 2.24) is 14.9 Å². The van der Waals surface area contributed by atoms with Gasteiger partial charge in [-0.2, -0.15) is 0 Å². The Bertz CT molecular complexity index is 976. The van der Waals surface area contributed by atoms with Gasteiger partial charge in [0.15, 0.2) is 0 Å². The van der Waals surface area contributed by atoms with E-state index in [2.05, 4.69) is 35.0 Å². The summed E-state index contributed by atoms with van der Waals surface area (Å²) < 4.78 is 8.14. The van der Waals surface area contributed by atoms with Crippen LogP contribution in [0.25, 0.3) is 11.0 Å². The molecule has 0 radical (unpaired) electrons. The summed E-state index contributed by atoms with van der Waals surface area (Å²) in [6.07, 6.45) is 1.59. The molecule has 1 amide bonds. The van der Waals surface area contributed by atoms with E-state index in [4.69, 9.17) is 9.72 Å². The van der Waals surface area contributed by atoms with Gasteiger partial charge in [0.1, 0.15) is 11.6 Å². The molecule has 1 aromatic heterocycles. The largest absolute Gasteiger partial charge is 1.00 e. The van der Waals surface area contributed by atoms with Crippen LogP contribution in [-0.2, 0) is 17.8 Å². The summed E-state index contributed by atoms with van der Waals surface area (Å²) in [6, 6.07) is 16.3. The molecule has 0 saturated carbocycles. The van der Waals surface area contributed by atoms with E-state index in [9.17, 15) is 4.79 Å². The maximum Gasteiger partial charge on any atom is 0.225 e. The van der Waals surface area contributed by atoms with Crippen LogP contribution in [-0.4, -0.2) is 28.6 Å². The molecule has 0 unspecified atom stereocenters. The zero-order valence-electron chi connectivity index (χ0n) is 18.2. The number of carbonyl (C=O) groups is 1. The Labute approximate surface area is 185 Å². The molecule has 1 heterocycles. The topological polar surface area (TPSA) is 56.1 Å². The molecule has 0 fully saturated rings. The summed E-state index contributed by atoms with van der Waals surface area (Å²) in [5, 5.41) is 3.02. The Morgan fingerprint density at radius 1 is 1.13 bits per heavy atom. The van der Waals surface area contributed by atoms with Crippen LogP contribution in [0.2, 0.25) is 0 Å². The number of rotatable bonds is 8. The normalized spacial score (nSPS) is 11.2. The molecule has 2 aromatic carbocycles. The van der Waals surface area contributed by atoms with Gasteiger partial charge in [0.05, 0.1) is 17.6 Å². The molecule has 5 nitrogen and oxygen atoms in total. The number of amides is 1. The molecule has 0 bridgehead atoms. The molecule has 0 saturated heterocycles. The molecule has 0 aliphatic rings. The fourth-order valence-corrected chi connectivity index (χ4v) is 3.24. The minimum Gasteiger partial charge on any atom is -1.00 e. The number of hydrogen-bond donors (Lipinski definition) is 1. The van der Waals surface area contributed by atoms with Gasteiger partial charge in [0, 0.05) is 24.9 Å². The van der Waals surface area contributed by atoms with Crippen molar-refractivity contribution in [3.05, 3.63) is 59.9 Å². The van der Waals surface area contributed by atoms with E-state index in [0.717, 1.165) is 35.6 Å². The highest BCUT2D eigenvalue weighted by Gasteiger charge is 2.20. The van der Waals surface area contributed by atoms with E-state index in [1.165, 1.54) is 5.56 Å². The van der Waals surface area contributed by atoms with Crippen LogP contribution in [0.5, 0.6) is 5.75 Å². The number of fused-ring (bicyclic) bond motifs is 1. The Hall–Kier alpha value is -2.53. The van der Waals surface area contributed by atoms with Crippen molar-refractivity contribution in [2.75, 3.05) is 13.2 Å². The Morgan fingerprint density at radius 3 is 2.63 bits per heavy atom. The molecule has 0 spiro atoms. The van der Waals surface area contributed by atoms with Crippen molar-refractivity contribution in [1.29, 1.82) is 0 Å². The van der Waals surface area contributed by atoms with Crippen LogP contribution in [0.1, 0.15) is 38.6 Å². The van der Waals surface area contributed by atoms with E-state index < -0.39 is 0 Å². The summed E-state index contributed by atoms with van der Waals surface area (Å²) in [4.78, 5) is 16.9. The van der Waals surface area contributed by atoms with E-state index in [0.29, 0.717) is 19.6 Å². The van der Waals surface area contributed by atoms with E-state index in [-0.39, 0.29) is 23.7 Å². The van der Waals surface area contributed by atoms with Crippen LogP contribution in [0.15, 0.2) is 48.5 Å². The lowest BCUT2D eigenvalue weighted by atomic mass is 9.96. The van der Waals surface area contributed by atoms with E-state index in [1.54, 1.807) is 0 Å². The number of ether oxygens (including phenoxy) is 1. The first-order valence-electron chi connectivity index (χ1n) is 10.3. The van der Waals surface area contributed by atoms with Crippen molar-refractivity contribution < 1.29 is 21.9 Å². The molecule has 0 aliphatic heterocycles. The SMILES string of the molecule is Cc1cccc(OCCCn2c(CCNC(=O)C(C)(C)C)nc3ccccc32)c1.[Cl-]. The highest BCUT2D eigenvalue weighted by molar-refractivity contribution is 5.81. The third-order valence-corrected chi connectivity index (χ3v) is 4.83. The van der Waals surface area contributed by atoms with Gasteiger partial charge < -0.3 is 27.0 Å². The minimum atomic E-state index is -0.382. The van der Waals surface area contributed by atoms with Crippen LogP contribution in [0.4, 0.5) is 0 Å². The number of nitrogens with one attached hydrogen (secondary N) is 1. The third kappa shape index (κ3) is 6.23. The van der Waals surface area contributed by atoms with Crippen molar-refractivity contribution in [3.63, 3.8) is 0 Å². The first kappa shape index (κ1) is 23.7. The Morgan fingerprint density at radius 2 is 1.90 bits per heavy atom. The second kappa shape index (κ2) is 10.5. The van der Waals surface area contributed by atoms with Gasteiger partial charge in [0.25, 0.3) is 0 Å². The number of hydrogen-bond acceptors (Lipinski definition) is 3. The summed E-state index contributed by atoms with van der Waals surface area (Å²) in [5.41, 5.74) is 2.93. The standard InChI is InChI=1S/C24H31N3O2.ClH/c1-18-9-7-10-19(17-18)29-16-8-15-27-21-12-6-5-11-20(21)26-22(27)13-14-25-23(28)24(2,3)4;/h5-7,9-12,17H,8,13-16H2,1-4H3,(H,25,28);1H/p-1. The Kier molecular flexibility index (Phi) is 8.30. The first-order valence-corrected chi connectivity index (χ1v) is 10.3. The van der Waals surface area contributed by atoms with Crippen molar-refractivity contribution in [2.45, 2.75) is 47.1 Å². The molecule has 3 rings (SSSR count). The summed E-state index contributed by atoms with van der Waals surface area (Å²) in [6.45, 7) is 9.89. The van der Waals surface area contributed by atoms with Crippen molar-refractivity contribution >= 4 is 16.9 Å². The van der Waals surface area contributed by atoms with Crippen LogP contribution >= 0.6 is 0 Å². The number of aromatic nitrogens is 2. The van der Waals surface area contributed by atoms with Crippen molar-refractivity contribution in [2.24, 2.45) is 5.41 Å². The highest BCUT2D eigenvalue weighted by Crippen LogP contribution is 2.18. The molecule has 0 aliphatic carbocycles. The molecular formula is C24H31ClN3O2-. The number of imidazole rings is 1. The molecule has 6 heteroatoms. The predicted molar refractivity (Wildman–Crippen MR) is 117 cm³/mol. The molecular weight excluding hydrogens is 398 g/mol. The summed E-state index contributed by atoms with van der Waals surface area (Å²) in [5.74, 6) is 1.97. The lowest BCUT2D eigenvalue weighted by Gasteiger charge is -2.17. The molecule has 162 valence electrons. The summed E-state index contributed by atoms with van der Waals surface area (Å²) >= 11 is 0. The fourth-order valence-electron chi connectivity index (χ4n) is 3.24. The zero-order valence-corrected chi connectivity index (χ0v) is 19.0. The average molecular weight is 429 g/mol. The maximum absolute atomic E-state index is 12.1. The molecule has 30 heavy (non-hydrogen) atoms. The smallest absolute Gasteiger partial charge is 0.225 e. The highest BCUT2D eigenvalue weighted by atomic mass is 35.5. The molecule has 0 atom stereocenters. The molecule has 1 N–H and O–H groups in total. The monoisotopic (exact) mass is 428 g/mol. The van der Waals surface area contributed by atoms with Gasteiger partial charge in [-0.05, 0) is 43.2 Å². The minimum absolute atomic E-state index is 0. The van der Waals surface area contributed by atoms with Crippen molar-refractivity contribution in [3.8, 4) is 5.75 Å². The molecule has 3 aromatic rings. The van der Waals surface area contributed by atoms with E-state index in [1.807, 2.05) is 51.1 Å². The summed E-state index contributed by atoms with van der Waals surface area (Å²) in [7, 11) is 0.